The predicted octanol–water partition coefficient (Wildman–Crippen LogP) is 2.53. The molecule has 0 spiro atoms. The molecule has 2 atom stereocenters. The van der Waals surface area contributed by atoms with Gasteiger partial charge in [0.15, 0.2) is 11.5 Å². The van der Waals surface area contributed by atoms with Gasteiger partial charge in [0.05, 0.1) is 19.1 Å². The van der Waals surface area contributed by atoms with Crippen molar-refractivity contribution in [3.8, 4) is 11.5 Å². The van der Waals surface area contributed by atoms with Gasteiger partial charge in [0, 0.05) is 10.4 Å². The van der Waals surface area contributed by atoms with Crippen molar-refractivity contribution in [2.75, 3.05) is 13.2 Å². The largest absolute Gasteiger partial charge is 0.485 e. The van der Waals surface area contributed by atoms with Crippen molar-refractivity contribution in [2.45, 2.75) is 11.7 Å². The number of amides is 1. The van der Waals surface area contributed by atoms with Crippen LogP contribution in [0.25, 0.3) is 0 Å². The first-order valence-corrected chi connectivity index (χ1v) is 9.00. The van der Waals surface area contributed by atoms with Crippen molar-refractivity contribution < 1.29 is 23.8 Å². The highest BCUT2D eigenvalue weighted by atomic mass is 32.1. The number of ether oxygens (including phenoxy) is 2. The Bertz CT molecular complexity index is 841. The molecule has 1 aromatic carbocycles. The second-order valence-electron chi connectivity index (χ2n) is 5.93. The number of furan rings is 1. The number of carbonyl (C=O) groups excluding carboxylic acids is 1. The second kappa shape index (κ2) is 6.86. The van der Waals surface area contributed by atoms with Crippen LogP contribution < -0.4 is 14.8 Å². The molecule has 0 saturated carbocycles. The summed E-state index contributed by atoms with van der Waals surface area (Å²) < 4.78 is 16.4. The fourth-order valence-corrected chi connectivity index (χ4v) is 3.67. The molecule has 1 aliphatic heterocycles. The molecular formula is C19H17NO5S. The lowest BCUT2D eigenvalue weighted by Crippen LogP contribution is -2.48. The molecule has 3 aromatic rings. The Kier molecular flexibility index (Phi) is 4.40. The molecule has 134 valence electrons. The molecule has 1 aliphatic rings. The molecule has 2 N–H and O–H groups in total. The van der Waals surface area contributed by atoms with E-state index in [1.54, 1.807) is 18.2 Å². The van der Waals surface area contributed by atoms with Crippen LogP contribution in [0.4, 0.5) is 0 Å². The van der Waals surface area contributed by atoms with Gasteiger partial charge in [0.1, 0.15) is 12.2 Å². The van der Waals surface area contributed by atoms with Crippen molar-refractivity contribution in [2.24, 2.45) is 0 Å². The summed E-state index contributed by atoms with van der Waals surface area (Å²) in [5, 5.41) is 15.8. The Balaban J connectivity index is 1.48. The van der Waals surface area contributed by atoms with Gasteiger partial charge in [0.2, 0.25) is 6.10 Å². The van der Waals surface area contributed by atoms with Crippen LogP contribution in [0.1, 0.15) is 10.4 Å². The molecule has 0 aliphatic carbocycles. The van der Waals surface area contributed by atoms with Crippen LogP contribution in [0.5, 0.6) is 11.5 Å². The molecule has 0 radical (unpaired) electrons. The summed E-state index contributed by atoms with van der Waals surface area (Å²) in [6, 6.07) is 12.6. The molecule has 26 heavy (non-hydrogen) atoms. The van der Waals surface area contributed by atoms with Gasteiger partial charge in [-0.3, -0.25) is 4.79 Å². The SMILES string of the molecule is O=C(NCC(O)(c1ccoc1)c1cccs1)C1COc2ccccc2O1. The first-order valence-electron chi connectivity index (χ1n) is 8.12. The topological polar surface area (TPSA) is 80.9 Å². The van der Waals surface area contributed by atoms with Gasteiger partial charge in [-0.2, -0.15) is 0 Å². The van der Waals surface area contributed by atoms with E-state index in [-0.39, 0.29) is 19.1 Å². The maximum absolute atomic E-state index is 12.5. The third kappa shape index (κ3) is 3.07. The zero-order valence-electron chi connectivity index (χ0n) is 13.8. The van der Waals surface area contributed by atoms with Crippen LogP contribution in [-0.2, 0) is 10.4 Å². The summed E-state index contributed by atoms with van der Waals surface area (Å²) >= 11 is 1.41. The van der Waals surface area contributed by atoms with E-state index in [9.17, 15) is 9.90 Å². The average molecular weight is 371 g/mol. The molecule has 3 heterocycles. The molecule has 4 rings (SSSR count). The number of aliphatic hydroxyl groups is 1. The number of nitrogens with one attached hydrogen (secondary N) is 1. The van der Waals surface area contributed by atoms with E-state index in [2.05, 4.69) is 5.32 Å². The number of hydrogen-bond donors (Lipinski definition) is 2. The van der Waals surface area contributed by atoms with E-state index >= 15 is 0 Å². The number of fused-ring (bicyclic) bond motifs is 1. The minimum Gasteiger partial charge on any atom is -0.485 e. The molecule has 0 fully saturated rings. The molecular weight excluding hydrogens is 354 g/mol. The molecule has 2 unspecified atom stereocenters. The monoisotopic (exact) mass is 371 g/mol. The van der Waals surface area contributed by atoms with Crippen LogP contribution in [0.3, 0.4) is 0 Å². The summed E-state index contributed by atoms with van der Waals surface area (Å²) in [6.45, 7) is 0.110. The Labute approximate surface area is 154 Å². The van der Waals surface area contributed by atoms with Gasteiger partial charge in [-0.1, -0.05) is 18.2 Å². The maximum Gasteiger partial charge on any atom is 0.264 e. The number of benzene rings is 1. The minimum atomic E-state index is -1.37. The molecule has 0 saturated heterocycles. The minimum absolute atomic E-state index is 0.00656. The first kappa shape index (κ1) is 16.7. The number of hydrogen-bond acceptors (Lipinski definition) is 6. The van der Waals surface area contributed by atoms with E-state index < -0.39 is 11.7 Å². The van der Waals surface area contributed by atoms with Gasteiger partial charge < -0.3 is 24.3 Å². The van der Waals surface area contributed by atoms with E-state index in [0.717, 1.165) is 0 Å². The molecule has 1 amide bonds. The van der Waals surface area contributed by atoms with Gasteiger partial charge in [-0.05, 0) is 29.6 Å². The van der Waals surface area contributed by atoms with Gasteiger partial charge in [0.25, 0.3) is 5.91 Å². The van der Waals surface area contributed by atoms with Gasteiger partial charge in [-0.15, -0.1) is 11.3 Å². The van der Waals surface area contributed by atoms with E-state index in [0.29, 0.717) is 21.9 Å². The Hall–Kier alpha value is -2.77. The van der Waals surface area contributed by atoms with Crippen LogP contribution in [-0.4, -0.2) is 30.3 Å². The van der Waals surface area contributed by atoms with Gasteiger partial charge >= 0.3 is 0 Å². The van der Waals surface area contributed by atoms with Crippen molar-refractivity contribution in [1.82, 2.24) is 5.32 Å². The third-order valence-electron chi connectivity index (χ3n) is 4.25. The maximum atomic E-state index is 12.5. The lowest BCUT2D eigenvalue weighted by Gasteiger charge is -2.29. The Morgan fingerprint density at radius 2 is 2.08 bits per heavy atom. The smallest absolute Gasteiger partial charge is 0.264 e. The highest BCUT2D eigenvalue weighted by Gasteiger charge is 2.36. The fraction of sp³-hybridized carbons (Fsp3) is 0.211. The standard InChI is InChI=1S/C19H17NO5S/c21-18(16-11-24-14-4-1-2-5-15(14)25-16)20-12-19(22,13-7-8-23-10-13)17-6-3-9-26-17/h1-10,16,22H,11-12H2,(H,20,21). The first-order chi connectivity index (χ1) is 12.7. The van der Waals surface area contributed by atoms with Crippen LogP contribution in [0.2, 0.25) is 0 Å². The number of rotatable bonds is 5. The quantitative estimate of drug-likeness (QED) is 0.720. The number of carbonyl (C=O) groups is 1. The fourth-order valence-electron chi connectivity index (χ4n) is 2.82. The van der Waals surface area contributed by atoms with Gasteiger partial charge in [-0.25, -0.2) is 0 Å². The van der Waals surface area contributed by atoms with Crippen molar-refractivity contribution in [1.29, 1.82) is 0 Å². The Morgan fingerprint density at radius 3 is 2.81 bits per heavy atom. The second-order valence-corrected chi connectivity index (χ2v) is 6.88. The molecule has 7 heteroatoms. The number of para-hydroxylation sites is 2. The average Bonchev–Trinajstić information content (AvgIpc) is 3.39. The van der Waals surface area contributed by atoms with Crippen LogP contribution in [0, 0.1) is 0 Å². The number of thiophene rings is 1. The molecule has 6 nitrogen and oxygen atoms in total. The Morgan fingerprint density at radius 1 is 1.23 bits per heavy atom. The summed E-state index contributed by atoms with van der Waals surface area (Å²) in [4.78, 5) is 13.3. The van der Waals surface area contributed by atoms with Crippen molar-refractivity contribution in [3.63, 3.8) is 0 Å². The van der Waals surface area contributed by atoms with E-state index in [4.69, 9.17) is 13.9 Å². The summed E-state index contributed by atoms with van der Waals surface area (Å²) in [5.74, 6) is 0.797. The van der Waals surface area contributed by atoms with Crippen molar-refractivity contribution in [3.05, 3.63) is 70.8 Å². The lowest BCUT2D eigenvalue weighted by atomic mass is 9.94. The lowest BCUT2D eigenvalue weighted by molar-refractivity contribution is -0.131. The normalized spacial score (nSPS) is 18.1. The van der Waals surface area contributed by atoms with Crippen molar-refractivity contribution >= 4 is 17.2 Å². The zero-order valence-corrected chi connectivity index (χ0v) is 14.6. The van der Waals surface area contributed by atoms with E-state index in [1.165, 1.54) is 23.9 Å². The third-order valence-corrected chi connectivity index (χ3v) is 5.27. The van der Waals surface area contributed by atoms with Crippen LogP contribution in [0.15, 0.2) is 64.8 Å². The molecule has 0 bridgehead atoms. The van der Waals surface area contributed by atoms with E-state index in [1.807, 2.05) is 29.6 Å². The zero-order chi connectivity index (χ0) is 18.0. The van der Waals surface area contributed by atoms with Crippen LogP contribution >= 0.6 is 11.3 Å². The summed E-state index contributed by atoms with van der Waals surface area (Å²) in [6.07, 6.45) is 2.19. The summed E-state index contributed by atoms with van der Waals surface area (Å²) in [5.41, 5.74) is -0.795. The molecule has 2 aromatic heterocycles. The summed E-state index contributed by atoms with van der Waals surface area (Å²) in [7, 11) is 0. The highest BCUT2D eigenvalue weighted by molar-refractivity contribution is 7.10. The predicted molar refractivity (Wildman–Crippen MR) is 95.4 cm³/mol. The highest BCUT2D eigenvalue weighted by Crippen LogP contribution is 2.33.